The predicted octanol–water partition coefficient (Wildman–Crippen LogP) is 0.229. The van der Waals surface area contributed by atoms with Gasteiger partial charge in [0, 0.05) is 18.5 Å². The molecule has 1 saturated heterocycles. The molecule has 1 aliphatic carbocycles. The van der Waals surface area contributed by atoms with Gasteiger partial charge in [-0.1, -0.05) is 19.3 Å². The van der Waals surface area contributed by atoms with Gasteiger partial charge in [-0.3, -0.25) is 23.4 Å². The van der Waals surface area contributed by atoms with Crippen LogP contribution in [-0.4, -0.2) is 59.0 Å². The normalized spacial score (nSPS) is 26.1. The Morgan fingerprint density at radius 3 is 2.56 bits per heavy atom. The van der Waals surface area contributed by atoms with Crippen molar-refractivity contribution in [3.05, 3.63) is 62.7 Å². The summed E-state index contributed by atoms with van der Waals surface area (Å²) in [6.07, 6.45) is 2.69. The number of pyridine rings is 1. The largest absolute Gasteiger partial charge is 0.469 e. The van der Waals surface area contributed by atoms with Crippen molar-refractivity contribution >= 4 is 7.82 Å². The number of phosphoric ester groups is 1. The summed E-state index contributed by atoms with van der Waals surface area (Å²) in [6, 6.07) is 4.99. The van der Waals surface area contributed by atoms with Gasteiger partial charge in [0.25, 0.3) is 5.56 Å². The summed E-state index contributed by atoms with van der Waals surface area (Å²) in [5.74, 6) is 0.426. The van der Waals surface area contributed by atoms with E-state index in [0.29, 0.717) is 11.6 Å². The van der Waals surface area contributed by atoms with E-state index in [1.807, 2.05) is 12.1 Å². The molecule has 3 heterocycles. The van der Waals surface area contributed by atoms with E-state index in [4.69, 9.17) is 14.5 Å². The van der Waals surface area contributed by atoms with E-state index in [1.54, 1.807) is 6.20 Å². The van der Waals surface area contributed by atoms with Gasteiger partial charge in [-0.2, -0.15) is 0 Å². The zero-order chi connectivity index (χ0) is 24.5. The molecule has 0 radical (unpaired) electrons. The van der Waals surface area contributed by atoms with Crippen molar-refractivity contribution in [1.82, 2.24) is 14.1 Å². The Morgan fingerprint density at radius 1 is 1.12 bits per heavy atom. The molecule has 1 unspecified atom stereocenters. The minimum Gasteiger partial charge on any atom is -0.387 e. The van der Waals surface area contributed by atoms with Crippen molar-refractivity contribution in [2.24, 2.45) is 0 Å². The van der Waals surface area contributed by atoms with Gasteiger partial charge in [-0.05, 0) is 36.5 Å². The molecule has 4 rings (SSSR count). The second-order valence-electron chi connectivity index (χ2n) is 8.68. The van der Waals surface area contributed by atoms with E-state index in [0.717, 1.165) is 39.8 Å². The molecule has 34 heavy (non-hydrogen) atoms. The monoisotopic (exact) mass is 497 g/mol. The Balaban J connectivity index is 1.56. The molecule has 0 spiro atoms. The van der Waals surface area contributed by atoms with Crippen LogP contribution in [0.5, 0.6) is 0 Å². The smallest absolute Gasteiger partial charge is 0.387 e. The zero-order valence-electron chi connectivity index (χ0n) is 18.3. The molecule has 4 N–H and O–H groups in total. The quantitative estimate of drug-likeness (QED) is 0.388. The SMILES string of the molecule is O=c1ccn([C@@H]2O[C@H](COP(=O)(O)O)[C@H](O)C2O)c(=O)n1Cc1cc(C2CCCCC2)ccn1. The summed E-state index contributed by atoms with van der Waals surface area (Å²) in [6.45, 7) is -0.791. The lowest BCUT2D eigenvalue weighted by Gasteiger charge is -2.22. The summed E-state index contributed by atoms with van der Waals surface area (Å²) in [4.78, 5) is 47.6. The van der Waals surface area contributed by atoms with Crippen molar-refractivity contribution in [3.8, 4) is 0 Å². The number of nitrogens with zero attached hydrogens (tertiary/aromatic N) is 3. The minimum absolute atomic E-state index is 0.0881. The summed E-state index contributed by atoms with van der Waals surface area (Å²) >= 11 is 0. The van der Waals surface area contributed by atoms with Gasteiger partial charge in [0.1, 0.15) is 18.3 Å². The maximum absolute atomic E-state index is 13.1. The fourth-order valence-electron chi connectivity index (χ4n) is 4.57. The fourth-order valence-corrected chi connectivity index (χ4v) is 4.91. The number of aliphatic hydroxyl groups excluding tert-OH is 2. The average Bonchev–Trinajstić information content (AvgIpc) is 3.09. The maximum atomic E-state index is 13.1. The lowest BCUT2D eigenvalue weighted by atomic mass is 9.84. The van der Waals surface area contributed by atoms with E-state index in [1.165, 1.54) is 19.3 Å². The molecule has 0 bridgehead atoms. The summed E-state index contributed by atoms with van der Waals surface area (Å²) in [7, 11) is -4.83. The van der Waals surface area contributed by atoms with Gasteiger partial charge in [0.2, 0.25) is 0 Å². The number of rotatable bonds is 7. The standard InChI is InChI=1S/C21H28N3O9P/c25-17-7-9-23(20-19(27)18(26)16(33-20)12-32-34(29,30)31)21(28)24(17)11-15-10-14(6-8-22-15)13-4-2-1-3-5-13/h6-10,13,16,18-20,26-27H,1-5,11-12H2,(H2,29,30,31)/t16-,18+,19?,20-/m1/s1. The third-order valence-corrected chi connectivity index (χ3v) is 6.84. The van der Waals surface area contributed by atoms with E-state index in [9.17, 15) is 24.4 Å². The summed E-state index contributed by atoms with van der Waals surface area (Å²) < 4.78 is 22.6. The highest BCUT2D eigenvalue weighted by Crippen LogP contribution is 2.38. The Morgan fingerprint density at radius 2 is 1.85 bits per heavy atom. The molecular formula is C21H28N3O9P. The number of phosphoric acid groups is 1. The minimum atomic E-state index is -4.83. The topological polar surface area (TPSA) is 173 Å². The van der Waals surface area contributed by atoms with Gasteiger partial charge in [-0.25, -0.2) is 9.36 Å². The number of aliphatic hydroxyl groups is 2. The first-order valence-corrected chi connectivity index (χ1v) is 12.7. The maximum Gasteiger partial charge on any atom is 0.469 e. The number of aromatic nitrogens is 3. The lowest BCUT2D eigenvalue weighted by Crippen LogP contribution is -2.43. The van der Waals surface area contributed by atoms with Crippen LogP contribution in [0.3, 0.4) is 0 Å². The third kappa shape index (κ3) is 5.55. The first-order chi connectivity index (χ1) is 16.1. The fraction of sp³-hybridized carbons (Fsp3) is 0.571. The summed E-state index contributed by atoms with van der Waals surface area (Å²) in [5.41, 5.74) is 0.311. The first-order valence-electron chi connectivity index (χ1n) is 11.1. The van der Waals surface area contributed by atoms with Gasteiger partial charge < -0.3 is 24.7 Å². The number of hydrogen-bond donors (Lipinski definition) is 4. The van der Waals surface area contributed by atoms with Crippen LogP contribution in [0.2, 0.25) is 0 Å². The molecule has 2 aliphatic rings. The van der Waals surface area contributed by atoms with Crippen LogP contribution in [0.25, 0.3) is 0 Å². The molecule has 0 amide bonds. The van der Waals surface area contributed by atoms with Crippen LogP contribution in [0, 0.1) is 0 Å². The predicted molar refractivity (Wildman–Crippen MR) is 118 cm³/mol. The molecule has 13 heteroatoms. The van der Waals surface area contributed by atoms with Gasteiger partial charge in [-0.15, -0.1) is 0 Å². The van der Waals surface area contributed by atoms with Crippen LogP contribution in [0.1, 0.15) is 55.5 Å². The van der Waals surface area contributed by atoms with Crippen LogP contribution < -0.4 is 11.2 Å². The number of ether oxygens (including phenoxy) is 1. The highest BCUT2D eigenvalue weighted by molar-refractivity contribution is 7.46. The van der Waals surface area contributed by atoms with Gasteiger partial charge in [0.15, 0.2) is 6.23 Å². The van der Waals surface area contributed by atoms with Gasteiger partial charge >= 0.3 is 13.5 Å². The lowest BCUT2D eigenvalue weighted by molar-refractivity contribution is -0.0548. The molecule has 1 saturated carbocycles. The van der Waals surface area contributed by atoms with Crippen LogP contribution >= 0.6 is 7.82 Å². The third-order valence-electron chi connectivity index (χ3n) is 6.35. The molecule has 2 aromatic heterocycles. The molecule has 186 valence electrons. The Kier molecular flexibility index (Phi) is 7.48. The van der Waals surface area contributed by atoms with Crippen molar-refractivity contribution < 1.29 is 33.8 Å². The first kappa shape index (κ1) is 24.9. The van der Waals surface area contributed by atoms with Crippen molar-refractivity contribution in [1.29, 1.82) is 0 Å². The molecule has 1 aliphatic heterocycles. The molecule has 2 aromatic rings. The van der Waals surface area contributed by atoms with Crippen LogP contribution in [0.15, 0.2) is 40.2 Å². The van der Waals surface area contributed by atoms with E-state index in [2.05, 4.69) is 9.51 Å². The molecule has 12 nitrogen and oxygen atoms in total. The van der Waals surface area contributed by atoms with E-state index < -0.39 is 50.2 Å². The second kappa shape index (κ2) is 10.2. The Hall–Kier alpha value is -2.18. The average molecular weight is 497 g/mol. The van der Waals surface area contributed by atoms with Crippen molar-refractivity contribution in [2.75, 3.05) is 6.61 Å². The number of hydrogen-bond acceptors (Lipinski definition) is 8. The molecular weight excluding hydrogens is 469 g/mol. The van der Waals surface area contributed by atoms with Crippen LogP contribution in [0.4, 0.5) is 0 Å². The molecule has 0 aromatic carbocycles. The highest BCUT2D eigenvalue weighted by atomic mass is 31.2. The zero-order valence-corrected chi connectivity index (χ0v) is 19.2. The van der Waals surface area contributed by atoms with E-state index >= 15 is 0 Å². The molecule has 2 fully saturated rings. The van der Waals surface area contributed by atoms with Crippen molar-refractivity contribution in [3.63, 3.8) is 0 Å². The summed E-state index contributed by atoms with van der Waals surface area (Å²) in [5, 5.41) is 20.6. The second-order valence-corrected chi connectivity index (χ2v) is 9.92. The Bertz CT molecular complexity index is 1170. The van der Waals surface area contributed by atoms with Gasteiger partial charge in [0.05, 0.1) is 18.8 Å². The Labute approximate surface area is 194 Å². The highest BCUT2D eigenvalue weighted by Gasteiger charge is 2.45. The van der Waals surface area contributed by atoms with Crippen molar-refractivity contribution in [2.45, 2.75) is 69.1 Å². The van der Waals surface area contributed by atoms with Crippen LogP contribution in [-0.2, 0) is 20.4 Å². The molecule has 4 atom stereocenters. The van der Waals surface area contributed by atoms with E-state index in [-0.39, 0.29) is 6.54 Å².